The van der Waals surface area contributed by atoms with Crippen molar-refractivity contribution in [2.45, 2.75) is 6.92 Å². The molecule has 1 aromatic rings. The fourth-order valence-electron chi connectivity index (χ4n) is 0.561. The second-order valence-electron chi connectivity index (χ2n) is 1.90. The molecule has 0 aromatic carbocycles. The van der Waals surface area contributed by atoms with E-state index >= 15 is 0 Å². The first-order valence-electron chi connectivity index (χ1n) is 3.58. The summed E-state index contributed by atoms with van der Waals surface area (Å²) in [4.78, 5) is 7.64. The SMILES string of the molecule is CCOC=NNc1ccncn1. The van der Waals surface area contributed by atoms with E-state index in [4.69, 9.17) is 4.74 Å². The van der Waals surface area contributed by atoms with Gasteiger partial charge in [-0.2, -0.15) is 0 Å². The predicted molar refractivity (Wildman–Crippen MR) is 45.8 cm³/mol. The van der Waals surface area contributed by atoms with E-state index in [1.54, 1.807) is 12.3 Å². The Kier molecular flexibility index (Phi) is 3.56. The van der Waals surface area contributed by atoms with Gasteiger partial charge in [0, 0.05) is 12.3 Å². The van der Waals surface area contributed by atoms with Crippen molar-refractivity contribution in [3.8, 4) is 0 Å². The second kappa shape index (κ2) is 5.06. The molecule has 0 bridgehead atoms. The molecule has 5 nitrogen and oxygen atoms in total. The van der Waals surface area contributed by atoms with Crippen LogP contribution in [-0.4, -0.2) is 23.0 Å². The van der Waals surface area contributed by atoms with E-state index < -0.39 is 0 Å². The molecular weight excluding hydrogens is 156 g/mol. The summed E-state index contributed by atoms with van der Waals surface area (Å²) in [5, 5.41) is 3.74. The molecule has 1 N–H and O–H groups in total. The summed E-state index contributed by atoms with van der Waals surface area (Å²) in [6, 6.07) is 1.71. The molecule has 0 spiro atoms. The highest BCUT2D eigenvalue weighted by Crippen LogP contribution is 1.95. The van der Waals surface area contributed by atoms with E-state index in [9.17, 15) is 0 Å². The molecule has 1 rings (SSSR count). The van der Waals surface area contributed by atoms with Crippen LogP contribution in [0.3, 0.4) is 0 Å². The first kappa shape index (κ1) is 8.45. The number of rotatable bonds is 4. The molecular formula is C7H10N4O. The van der Waals surface area contributed by atoms with Gasteiger partial charge in [-0.15, -0.1) is 5.10 Å². The van der Waals surface area contributed by atoms with Gasteiger partial charge in [-0.3, -0.25) is 5.43 Å². The predicted octanol–water partition coefficient (Wildman–Crippen LogP) is 0.868. The lowest BCUT2D eigenvalue weighted by atomic mass is 10.6. The Bertz CT molecular complexity index is 236. The van der Waals surface area contributed by atoms with E-state index in [0.717, 1.165) is 0 Å². The van der Waals surface area contributed by atoms with Crippen molar-refractivity contribution in [3.63, 3.8) is 0 Å². The molecule has 0 radical (unpaired) electrons. The van der Waals surface area contributed by atoms with Gasteiger partial charge in [0.25, 0.3) is 0 Å². The van der Waals surface area contributed by atoms with Gasteiger partial charge in [-0.25, -0.2) is 9.97 Å². The average molecular weight is 166 g/mol. The van der Waals surface area contributed by atoms with Gasteiger partial charge in [-0.05, 0) is 6.92 Å². The fraction of sp³-hybridized carbons (Fsp3) is 0.286. The third kappa shape index (κ3) is 2.96. The van der Waals surface area contributed by atoms with Crippen LogP contribution in [0.25, 0.3) is 0 Å². The summed E-state index contributed by atoms with van der Waals surface area (Å²) < 4.78 is 4.86. The van der Waals surface area contributed by atoms with Gasteiger partial charge in [0.15, 0.2) is 6.40 Å². The van der Waals surface area contributed by atoms with Crippen LogP contribution in [-0.2, 0) is 4.74 Å². The van der Waals surface area contributed by atoms with Crippen LogP contribution in [0.4, 0.5) is 5.82 Å². The minimum atomic E-state index is 0.606. The summed E-state index contributed by atoms with van der Waals surface area (Å²) in [6.45, 7) is 2.49. The number of nitrogens with zero attached hydrogens (tertiary/aromatic N) is 3. The van der Waals surface area contributed by atoms with Crippen molar-refractivity contribution < 1.29 is 4.74 Å². The van der Waals surface area contributed by atoms with Crippen molar-refractivity contribution in [2.75, 3.05) is 12.0 Å². The molecule has 0 aliphatic rings. The molecule has 0 aliphatic carbocycles. The van der Waals surface area contributed by atoms with Crippen molar-refractivity contribution in [1.29, 1.82) is 0 Å². The van der Waals surface area contributed by atoms with Gasteiger partial charge in [-0.1, -0.05) is 0 Å². The number of hydrazone groups is 1. The van der Waals surface area contributed by atoms with E-state index in [0.29, 0.717) is 12.4 Å². The van der Waals surface area contributed by atoms with E-state index in [2.05, 4.69) is 20.5 Å². The standard InChI is InChI=1S/C7H10N4O/c1-2-12-6-10-11-7-3-4-8-5-9-7/h3-6H,2H2,1H3,(H,8,9,11). The number of hydrogen-bond acceptors (Lipinski definition) is 5. The number of nitrogens with one attached hydrogen (secondary N) is 1. The average Bonchev–Trinajstić information content (AvgIpc) is 2.14. The molecule has 0 amide bonds. The van der Waals surface area contributed by atoms with Crippen molar-refractivity contribution in [2.24, 2.45) is 5.10 Å². The van der Waals surface area contributed by atoms with Crippen LogP contribution in [0, 0.1) is 0 Å². The molecule has 0 unspecified atom stereocenters. The Morgan fingerprint density at radius 3 is 3.33 bits per heavy atom. The lowest BCUT2D eigenvalue weighted by Crippen LogP contribution is -1.94. The van der Waals surface area contributed by atoms with Crippen LogP contribution >= 0.6 is 0 Å². The lowest BCUT2D eigenvalue weighted by molar-refractivity contribution is 0.343. The first-order chi connectivity index (χ1) is 5.93. The maximum absolute atomic E-state index is 4.86. The molecule has 0 saturated carbocycles. The Balaban J connectivity index is 2.33. The normalized spacial score (nSPS) is 10.1. The van der Waals surface area contributed by atoms with Gasteiger partial charge in [0.1, 0.15) is 12.1 Å². The maximum Gasteiger partial charge on any atom is 0.192 e. The molecule has 0 saturated heterocycles. The number of ether oxygens (including phenoxy) is 1. The second-order valence-corrected chi connectivity index (χ2v) is 1.90. The minimum Gasteiger partial charge on any atom is -0.482 e. The van der Waals surface area contributed by atoms with Crippen molar-refractivity contribution in [3.05, 3.63) is 18.6 Å². The van der Waals surface area contributed by atoms with E-state index in [1.807, 2.05) is 6.92 Å². The zero-order chi connectivity index (χ0) is 8.65. The third-order valence-corrected chi connectivity index (χ3v) is 1.05. The van der Waals surface area contributed by atoms with E-state index in [-0.39, 0.29) is 0 Å². The Morgan fingerprint density at radius 1 is 1.75 bits per heavy atom. The fourth-order valence-corrected chi connectivity index (χ4v) is 0.561. The molecule has 5 heteroatoms. The number of anilines is 1. The van der Waals surface area contributed by atoms with Crippen LogP contribution in [0.15, 0.2) is 23.7 Å². The quantitative estimate of drug-likeness (QED) is 0.409. The van der Waals surface area contributed by atoms with Gasteiger partial charge >= 0.3 is 0 Å². The monoisotopic (exact) mass is 166 g/mol. The summed E-state index contributed by atoms with van der Waals surface area (Å²) in [7, 11) is 0. The van der Waals surface area contributed by atoms with Crippen molar-refractivity contribution in [1.82, 2.24) is 9.97 Å². The Morgan fingerprint density at radius 2 is 2.67 bits per heavy atom. The molecule has 1 aromatic heterocycles. The molecule has 12 heavy (non-hydrogen) atoms. The van der Waals surface area contributed by atoms with Gasteiger partial charge in [0.05, 0.1) is 6.61 Å². The smallest absolute Gasteiger partial charge is 0.192 e. The zero-order valence-corrected chi connectivity index (χ0v) is 6.77. The molecule has 0 atom stereocenters. The van der Waals surface area contributed by atoms with Crippen LogP contribution in [0.1, 0.15) is 6.92 Å². The Labute approximate surface area is 70.5 Å². The number of hydrogen-bond donors (Lipinski definition) is 1. The highest BCUT2D eigenvalue weighted by Gasteiger charge is 1.85. The highest BCUT2D eigenvalue weighted by molar-refractivity contribution is 5.48. The summed E-state index contributed by atoms with van der Waals surface area (Å²) in [5.74, 6) is 0.640. The molecule has 1 heterocycles. The first-order valence-corrected chi connectivity index (χ1v) is 3.58. The summed E-state index contributed by atoms with van der Waals surface area (Å²) in [6.07, 6.45) is 4.41. The van der Waals surface area contributed by atoms with Gasteiger partial charge in [0.2, 0.25) is 0 Å². The molecule has 64 valence electrons. The van der Waals surface area contributed by atoms with Crippen molar-refractivity contribution >= 4 is 12.2 Å². The van der Waals surface area contributed by atoms with Gasteiger partial charge < -0.3 is 4.74 Å². The third-order valence-electron chi connectivity index (χ3n) is 1.05. The van der Waals surface area contributed by atoms with E-state index in [1.165, 1.54) is 12.7 Å². The largest absolute Gasteiger partial charge is 0.482 e. The minimum absolute atomic E-state index is 0.606. The molecule has 0 fully saturated rings. The summed E-state index contributed by atoms with van der Waals surface area (Å²) in [5.41, 5.74) is 2.67. The highest BCUT2D eigenvalue weighted by atomic mass is 16.5. The summed E-state index contributed by atoms with van der Waals surface area (Å²) >= 11 is 0. The Hall–Kier alpha value is -1.65. The lowest BCUT2D eigenvalue weighted by Gasteiger charge is -1.96. The van der Waals surface area contributed by atoms with Crippen LogP contribution in [0.5, 0.6) is 0 Å². The zero-order valence-electron chi connectivity index (χ0n) is 6.77. The molecule has 0 aliphatic heterocycles. The maximum atomic E-state index is 4.86. The van der Waals surface area contributed by atoms with Crippen LogP contribution in [0.2, 0.25) is 0 Å². The van der Waals surface area contributed by atoms with Crippen LogP contribution < -0.4 is 5.43 Å². The topological polar surface area (TPSA) is 59.4 Å². The number of aromatic nitrogens is 2.